The van der Waals surface area contributed by atoms with E-state index < -0.39 is 6.10 Å². The van der Waals surface area contributed by atoms with E-state index in [1.165, 1.54) is 0 Å². The minimum atomic E-state index is -0.451. The molecule has 0 aliphatic carbocycles. The van der Waals surface area contributed by atoms with Gasteiger partial charge in [-0.3, -0.25) is 0 Å². The molecule has 0 spiro atoms. The van der Waals surface area contributed by atoms with Crippen molar-refractivity contribution in [2.24, 2.45) is 5.92 Å². The zero-order valence-corrected chi connectivity index (χ0v) is 14.2. The van der Waals surface area contributed by atoms with Crippen LogP contribution >= 0.6 is 0 Å². The molecule has 1 aliphatic heterocycles. The first-order valence-corrected chi connectivity index (χ1v) is 8.57. The topological polar surface area (TPSA) is 87.6 Å². The average molecular weight is 342 g/mol. The lowest BCUT2D eigenvalue weighted by atomic mass is 10.0. The largest absolute Gasteiger partial charge is 0.395 e. The molecule has 2 atom stereocenters. The number of hydrogen-bond acceptors (Lipinski definition) is 6. The summed E-state index contributed by atoms with van der Waals surface area (Å²) in [4.78, 5) is 6.82. The number of fused-ring (bicyclic) bond motifs is 1. The van der Waals surface area contributed by atoms with E-state index in [2.05, 4.69) is 10.1 Å². The van der Waals surface area contributed by atoms with Crippen LogP contribution in [0, 0.1) is 12.8 Å². The molecule has 7 heteroatoms. The number of β-amino-alcohol motifs (C(OH)–C–C–N with tert-alkyl or cyclic N) is 1. The molecular formula is C18H22N4O3. The normalized spacial score (nSPS) is 20.7. The fourth-order valence-corrected chi connectivity index (χ4v) is 3.61. The molecule has 2 aromatic heterocycles. The Hall–Kier alpha value is -2.38. The average Bonchev–Trinajstić information content (AvgIpc) is 3.27. The first kappa shape index (κ1) is 16.1. The van der Waals surface area contributed by atoms with Crippen molar-refractivity contribution in [3.63, 3.8) is 0 Å². The highest BCUT2D eigenvalue weighted by molar-refractivity contribution is 5.78. The van der Waals surface area contributed by atoms with E-state index in [-0.39, 0.29) is 12.5 Å². The number of hydrogen-bond donors (Lipinski definition) is 2. The molecule has 2 N–H and O–H groups in total. The molecule has 1 saturated heterocycles. The Morgan fingerprint density at radius 1 is 1.28 bits per heavy atom. The van der Waals surface area contributed by atoms with Crippen LogP contribution in [0.4, 0.5) is 5.95 Å². The predicted octanol–water partition coefficient (Wildman–Crippen LogP) is 1.36. The maximum Gasteiger partial charge on any atom is 0.206 e. The number of para-hydroxylation sites is 2. The number of aromatic nitrogens is 3. The highest BCUT2D eigenvalue weighted by atomic mass is 16.5. The lowest BCUT2D eigenvalue weighted by Gasteiger charge is -2.18. The Balaban J connectivity index is 1.60. The van der Waals surface area contributed by atoms with Gasteiger partial charge in [0.25, 0.3) is 0 Å². The van der Waals surface area contributed by atoms with Crippen molar-refractivity contribution in [3.8, 4) is 0 Å². The second-order valence-corrected chi connectivity index (χ2v) is 6.65. The summed E-state index contributed by atoms with van der Waals surface area (Å²) in [5.74, 6) is 1.66. The van der Waals surface area contributed by atoms with Crippen molar-refractivity contribution in [1.29, 1.82) is 0 Å². The van der Waals surface area contributed by atoms with Crippen molar-refractivity contribution in [3.05, 3.63) is 41.8 Å². The maximum atomic E-state index is 10.5. The van der Waals surface area contributed by atoms with E-state index in [4.69, 9.17) is 9.51 Å². The first-order chi connectivity index (χ1) is 12.2. The Morgan fingerprint density at radius 2 is 2.12 bits per heavy atom. The Morgan fingerprint density at radius 3 is 2.88 bits per heavy atom. The van der Waals surface area contributed by atoms with E-state index in [0.717, 1.165) is 28.4 Å². The second kappa shape index (κ2) is 6.50. The van der Waals surface area contributed by atoms with Gasteiger partial charge in [-0.25, -0.2) is 4.98 Å². The van der Waals surface area contributed by atoms with Crippen molar-refractivity contribution in [2.75, 3.05) is 24.6 Å². The summed E-state index contributed by atoms with van der Waals surface area (Å²) in [6, 6.07) is 9.80. The standard InChI is InChI=1S/C18H22N4O3/c1-12-8-14(25-20-12)9-13-10-21(11-17(13)24)18-19-15-4-2-3-5-16(15)22(18)6-7-23/h2-5,8,13,17,23-24H,6-7,9-11H2,1H3/t13-,17+/m1/s1. The summed E-state index contributed by atoms with van der Waals surface area (Å²) in [5.41, 5.74) is 2.74. The van der Waals surface area contributed by atoms with Crippen molar-refractivity contribution in [1.82, 2.24) is 14.7 Å². The second-order valence-electron chi connectivity index (χ2n) is 6.65. The van der Waals surface area contributed by atoms with Gasteiger partial charge in [0.1, 0.15) is 5.76 Å². The van der Waals surface area contributed by atoms with Crippen molar-refractivity contribution < 1.29 is 14.7 Å². The number of rotatable bonds is 5. The maximum absolute atomic E-state index is 10.5. The summed E-state index contributed by atoms with van der Waals surface area (Å²) >= 11 is 0. The van der Waals surface area contributed by atoms with Crippen LogP contribution in [-0.2, 0) is 13.0 Å². The van der Waals surface area contributed by atoms with Gasteiger partial charge in [-0.05, 0) is 19.1 Å². The van der Waals surface area contributed by atoms with Gasteiger partial charge in [0.15, 0.2) is 0 Å². The highest BCUT2D eigenvalue weighted by Crippen LogP contribution is 2.29. The molecule has 1 aromatic carbocycles. The summed E-state index contributed by atoms with van der Waals surface area (Å²) in [6.45, 7) is 3.63. The Kier molecular flexibility index (Phi) is 4.19. The van der Waals surface area contributed by atoms with E-state index in [1.807, 2.05) is 41.8 Å². The summed E-state index contributed by atoms with van der Waals surface area (Å²) in [6.07, 6.45) is 0.200. The molecule has 1 aliphatic rings. The molecule has 7 nitrogen and oxygen atoms in total. The third-order valence-electron chi connectivity index (χ3n) is 4.79. The lowest BCUT2D eigenvalue weighted by molar-refractivity contribution is 0.143. The third kappa shape index (κ3) is 3.01. The molecule has 25 heavy (non-hydrogen) atoms. The van der Waals surface area contributed by atoms with Gasteiger partial charge in [-0.2, -0.15) is 0 Å². The van der Waals surface area contributed by atoms with Crippen LogP contribution in [0.2, 0.25) is 0 Å². The summed E-state index contributed by atoms with van der Waals surface area (Å²) in [7, 11) is 0. The number of benzene rings is 1. The number of aryl methyl sites for hydroxylation is 1. The molecule has 4 rings (SSSR count). The third-order valence-corrected chi connectivity index (χ3v) is 4.79. The van der Waals surface area contributed by atoms with Crippen LogP contribution in [0.15, 0.2) is 34.9 Å². The van der Waals surface area contributed by atoms with Gasteiger partial charge in [0.05, 0.1) is 29.4 Å². The number of nitrogens with zero attached hydrogens (tertiary/aromatic N) is 4. The fourth-order valence-electron chi connectivity index (χ4n) is 3.61. The molecule has 0 saturated carbocycles. The quantitative estimate of drug-likeness (QED) is 0.728. The first-order valence-electron chi connectivity index (χ1n) is 8.57. The van der Waals surface area contributed by atoms with Crippen LogP contribution in [0.3, 0.4) is 0 Å². The van der Waals surface area contributed by atoms with E-state index >= 15 is 0 Å². The van der Waals surface area contributed by atoms with Gasteiger partial charge in [0, 0.05) is 38.0 Å². The summed E-state index contributed by atoms with van der Waals surface area (Å²) in [5, 5.41) is 23.8. The van der Waals surface area contributed by atoms with Gasteiger partial charge in [-0.1, -0.05) is 17.3 Å². The van der Waals surface area contributed by atoms with Crippen molar-refractivity contribution >= 4 is 17.0 Å². The highest BCUT2D eigenvalue weighted by Gasteiger charge is 2.34. The number of imidazole rings is 1. The molecule has 0 radical (unpaired) electrons. The molecule has 132 valence electrons. The molecule has 0 amide bonds. The van der Waals surface area contributed by atoms with Crippen LogP contribution in [-0.4, -0.2) is 50.7 Å². The minimum absolute atomic E-state index is 0.0461. The van der Waals surface area contributed by atoms with Crippen LogP contribution in [0.5, 0.6) is 0 Å². The van der Waals surface area contributed by atoms with Gasteiger partial charge < -0.3 is 24.2 Å². The SMILES string of the molecule is Cc1cc(C[C@@H]2CN(c3nc4ccccc4n3CCO)C[C@@H]2O)on1. The molecule has 1 fully saturated rings. The van der Waals surface area contributed by atoms with Crippen LogP contribution in [0.1, 0.15) is 11.5 Å². The zero-order chi connectivity index (χ0) is 17.4. The zero-order valence-electron chi connectivity index (χ0n) is 14.2. The number of aliphatic hydroxyl groups excluding tert-OH is 2. The molecular weight excluding hydrogens is 320 g/mol. The minimum Gasteiger partial charge on any atom is -0.395 e. The smallest absolute Gasteiger partial charge is 0.206 e. The Labute approximate surface area is 145 Å². The molecule has 0 bridgehead atoms. The van der Waals surface area contributed by atoms with Crippen molar-refractivity contribution in [2.45, 2.75) is 26.0 Å². The van der Waals surface area contributed by atoms with Gasteiger partial charge in [-0.15, -0.1) is 0 Å². The van der Waals surface area contributed by atoms with E-state index in [9.17, 15) is 10.2 Å². The molecule has 3 heterocycles. The fraction of sp³-hybridized carbons (Fsp3) is 0.444. The van der Waals surface area contributed by atoms with E-state index in [1.54, 1.807) is 0 Å². The van der Waals surface area contributed by atoms with Crippen LogP contribution in [0.25, 0.3) is 11.0 Å². The van der Waals surface area contributed by atoms with Gasteiger partial charge in [0.2, 0.25) is 5.95 Å². The molecule has 3 aromatic rings. The van der Waals surface area contributed by atoms with E-state index in [0.29, 0.717) is 26.1 Å². The number of aliphatic hydroxyl groups is 2. The lowest BCUT2D eigenvalue weighted by Crippen LogP contribution is -2.25. The Bertz CT molecular complexity index is 872. The van der Waals surface area contributed by atoms with Gasteiger partial charge >= 0.3 is 0 Å². The molecule has 0 unspecified atom stereocenters. The number of anilines is 1. The summed E-state index contributed by atoms with van der Waals surface area (Å²) < 4.78 is 7.31. The monoisotopic (exact) mass is 342 g/mol. The van der Waals surface area contributed by atoms with Crippen LogP contribution < -0.4 is 4.90 Å². The predicted molar refractivity (Wildman–Crippen MR) is 93.5 cm³/mol.